The van der Waals surface area contributed by atoms with E-state index in [1.807, 2.05) is 12.5 Å². The first kappa shape index (κ1) is 17.7. The van der Waals surface area contributed by atoms with Crippen LogP contribution in [0.1, 0.15) is 80.1 Å². The van der Waals surface area contributed by atoms with Crippen LogP contribution in [0.3, 0.4) is 0 Å². The van der Waals surface area contributed by atoms with E-state index in [9.17, 15) is 0 Å². The van der Waals surface area contributed by atoms with Crippen LogP contribution in [0.4, 0.5) is 0 Å². The number of hydrogen-bond acceptors (Lipinski definition) is 1. The van der Waals surface area contributed by atoms with E-state index < -0.39 is 0 Å². The molecule has 6 unspecified atom stereocenters. The number of fused-ring (bicyclic) bond motifs is 4. The van der Waals surface area contributed by atoms with Gasteiger partial charge in [0.1, 0.15) is 0 Å². The van der Waals surface area contributed by atoms with Gasteiger partial charge in [-0.05, 0) is 96.0 Å². The third-order valence-corrected chi connectivity index (χ3v) is 10.5. The maximum absolute atomic E-state index is 5.84. The largest absolute Gasteiger partial charge is 0.473 e. The molecule has 0 aromatic heterocycles. The maximum Gasteiger partial charge on any atom is 0.0864 e. The van der Waals surface area contributed by atoms with Gasteiger partial charge in [0.25, 0.3) is 0 Å². The Hall–Kier alpha value is -0.720. The van der Waals surface area contributed by atoms with Crippen molar-refractivity contribution in [2.75, 3.05) is 0 Å². The van der Waals surface area contributed by atoms with Crippen LogP contribution in [0.2, 0.25) is 0 Å². The second kappa shape index (κ2) is 5.40. The molecule has 25 heavy (non-hydrogen) atoms. The van der Waals surface area contributed by atoms with Crippen LogP contribution >= 0.6 is 0 Å². The SMILES string of the molecule is CC1(C)C2CCC1(C)C(C=COC=CC1CC3CCC1(C)C3(C)C)C2. The van der Waals surface area contributed by atoms with Gasteiger partial charge >= 0.3 is 0 Å². The highest BCUT2D eigenvalue weighted by Crippen LogP contribution is 2.69. The van der Waals surface area contributed by atoms with Gasteiger partial charge in [-0.3, -0.25) is 0 Å². The van der Waals surface area contributed by atoms with Gasteiger partial charge in [0.2, 0.25) is 0 Å². The first-order valence-corrected chi connectivity index (χ1v) is 10.6. The van der Waals surface area contributed by atoms with Gasteiger partial charge in [-0.15, -0.1) is 0 Å². The van der Waals surface area contributed by atoms with Gasteiger partial charge in [0, 0.05) is 0 Å². The summed E-state index contributed by atoms with van der Waals surface area (Å²) < 4.78 is 5.84. The molecule has 0 aromatic rings. The van der Waals surface area contributed by atoms with Gasteiger partial charge in [0.05, 0.1) is 12.5 Å². The van der Waals surface area contributed by atoms with Gasteiger partial charge in [0.15, 0.2) is 0 Å². The van der Waals surface area contributed by atoms with E-state index in [2.05, 4.69) is 53.7 Å². The summed E-state index contributed by atoms with van der Waals surface area (Å²) in [6.07, 6.45) is 17.0. The van der Waals surface area contributed by atoms with Crippen molar-refractivity contribution in [1.29, 1.82) is 0 Å². The molecule has 0 aromatic carbocycles. The molecule has 0 heterocycles. The van der Waals surface area contributed by atoms with Crippen LogP contribution in [0.25, 0.3) is 0 Å². The van der Waals surface area contributed by atoms with E-state index in [1.54, 1.807) is 0 Å². The zero-order valence-corrected chi connectivity index (χ0v) is 17.3. The van der Waals surface area contributed by atoms with Crippen molar-refractivity contribution in [3.05, 3.63) is 24.7 Å². The molecule has 4 saturated carbocycles. The normalized spacial score (nSPS) is 49.7. The van der Waals surface area contributed by atoms with Gasteiger partial charge in [-0.2, -0.15) is 0 Å². The van der Waals surface area contributed by atoms with Gasteiger partial charge in [-0.25, -0.2) is 0 Å². The average Bonchev–Trinajstić information content (AvgIpc) is 3.06. The lowest BCUT2D eigenvalue weighted by molar-refractivity contribution is 0.121. The molecule has 0 spiro atoms. The van der Waals surface area contributed by atoms with Gasteiger partial charge in [-0.1, -0.05) is 41.5 Å². The Morgan fingerprint density at radius 1 is 0.680 bits per heavy atom. The molecule has 4 rings (SSSR count). The summed E-state index contributed by atoms with van der Waals surface area (Å²) >= 11 is 0. The zero-order valence-electron chi connectivity index (χ0n) is 17.3. The topological polar surface area (TPSA) is 9.23 Å². The Bertz CT molecular complexity index is 545. The molecule has 1 heteroatoms. The fourth-order valence-corrected chi connectivity index (χ4v) is 7.44. The second-order valence-corrected chi connectivity index (χ2v) is 11.2. The molecule has 1 nitrogen and oxygen atoms in total. The van der Waals surface area contributed by atoms with E-state index in [4.69, 9.17) is 4.74 Å². The predicted octanol–water partition coefficient (Wildman–Crippen LogP) is 6.96. The van der Waals surface area contributed by atoms with E-state index in [1.165, 1.54) is 38.5 Å². The second-order valence-electron chi connectivity index (χ2n) is 11.2. The third kappa shape index (κ3) is 2.20. The van der Waals surface area contributed by atoms with E-state index >= 15 is 0 Å². The minimum Gasteiger partial charge on any atom is -0.473 e. The summed E-state index contributed by atoms with van der Waals surface area (Å²) in [6.45, 7) is 14.9. The van der Waals surface area contributed by atoms with Crippen molar-refractivity contribution in [3.63, 3.8) is 0 Å². The predicted molar refractivity (Wildman–Crippen MR) is 105 cm³/mol. The molecule has 4 aliphatic rings. The summed E-state index contributed by atoms with van der Waals surface area (Å²) in [5, 5.41) is 0. The first-order chi connectivity index (χ1) is 11.6. The molecule has 4 fully saturated rings. The Kier molecular flexibility index (Phi) is 3.82. The fourth-order valence-electron chi connectivity index (χ4n) is 7.44. The Morgan fingerprint density at radius 3 is 1.36 bits per heavy atom. The number of rotatable bonds is 4. The molecule has 0 saturated heterocycles. The molecule has 6 atom stereocenters. The van der Waals surface area contributed by atoms with Gasteiger partial charge < -0.3 is 4.74 Å². The Labute approximate surface area is 155 Å². The van der Waals surface area contributed by atoms with Crippen molar-refractivity contribution < 1.29 is 4.74 Å². The van der Waals surface area contributed by atoms with E-state index in [0.717, 1.165) is 11.8 Å². The van der Waals surface area contributed by atoms with Crippen molar-refractivity contribution in [3.8, 4) is 0 Å². The third-order valence-electron chi connectivity index (χ3n) is 10.5. The standard InChI is InChI=1S/C24H38O/c1-21(2)17-7-11-23(21,5)19(15-17)9-13-25-14-10-20-16-18-8-12-24(20,6)22(18,3)4/h9-10,13-14,17-20H,7-8,11-12,15-16H2,1-6H3. The molecular weight excluding hydrogens is 304 g/mol. The number of ether oxygens (including phenoxy) is 1. The summed E-state index contributed by atoms with van der Waals surface area (Å²) in [6, 6.07) is 0. The minimum atomic E-state index is 0.462. The van der Waals surface area contributed by atoms with Crippen molar-refractivity contribution >= 4 is 0 Å². The molecule has 0 radical (unpaired) electrons. The van der Waals surface area contributed by atoms with Crippen LogP contribution in [0.15, 0.2) is 24.7 Å². The lowest BCUT2D eigenvalue weighted by atomic mass is 9.67. The smallest absolute Gasteiger partial charge is 0.0864 e. The maximum atomic E-state index is 5.84. The van der Waals surface area contributed by atoms with Crippen LogP contribution in [0.5, 0.6) is 0 Å². The highest BCUT2D eigenvalue weighted by atomic mass is 16.5. The van der Waals surface area contributed by atoms with Crippen LogP contribution in [-0.4, -0.2) is 0 Å². The monoisotopic (exact) mass is 342 g/mol. The quantitative estimate of drug-likeness (QED) is 0.502. The minimum absolute atomic E-state index is 0.462. The van der Waals surface area contributed by atoms with Crippen molar-refractivity contribution in [2.45, 2.75) is 80.1 Å². The highest BCUT2D eigenvalue weighted by molar-refractivity contribution is 5.16. The first-order valence-electron chi connectivity index (χ1n) is 10.6. The fraction of sp³-hybridized carbons (Fsp3) is 0.833. The van der Waals surface area contributed by atoms with Crippen LogP contribution in [0, 0.1) is 45.3 Å². The molecule has 0 amide bonds. The highest BCUT2D eigenvalue weighted by Gasteiger charge is 2.61. The molecule has 0 aliphatic heterocycles. The molecule has 140 valence electrons. The number of allylic oxidation sites excluding steroid dienone is 2. The number of hydrogen-bond donors (Lipinski definition) is 0. The van der Waals surface area contributed by atoms with Crippen molar-refractivity contribution in [2.24, 2.45) is 45.3 Å². The zero-order chi connectivity index (χ0) is 18.1. The molecule has 4 bridgehead atoms. The summed E-state index contributed by atoms with van der Waals surface area (Å²) in [4.78, 5) is 0. The summed E-state index contributed by atoms with van der Waals surface area (Å²) in [7, 11) is 0. The lowest BCUT2D eigenvalue weighted by Gasteiger charge is -2.38. The summed E-state index contributed by atoms with van der Waals surface area (Å²) in [5.41, 5.74) is 1.90. The molecule has 4 aliphatic carbocycles. The van der Waals surface area contributed by atoms with E-state index in [-0.39, 0.29) is 0 Å². The van der Waals surface area contributed by atoms with Crippen LogP contribution in [-0.2, 0) is 4.74 Å². The Morgan fingerprint density at radius 2 is 1.08 bits per heavy atom. The van der Waals surface area contributed by atoms with Crippen molar-refractivity contribution in [1.82, 2.24) is 0 Å². The Balaban J connectivity index is 1.35. The van der Waals surface area contributed by atoms with E-state index in [0.29, 0.717) is 33.5 Å². The average molecular weight is 343 g/mol. The lowest BCUT2D eigenvalue weighted by Crippen LogP contribution is -2.31. The molecule has 0 N–H and O–H groups in total. The molecular formula is C24H38O. The van der Waals surface area contributed by atoms with Crippen LogP contribution < -0.4 is 0 Å². The summed E-state index contributed by atoms with van der Waals surface area (Å²) in [5.74, 6) is 3.18.